The normalized spacial score (nSPS) is 13.8. The van der Waals surface area contributed by atoms with E-state index < -0.39 is 0 Å². The zero-order valence-electron chi connectivity index (χ0n) is 8.68. The van der Waals surface area contributed by atoms with Crippen LogP contribution in [-0.4, -0.2) is 9.55 Å². The Bertz CT molecular complexity index is 678. The zero-order chi connectivity index (χ0) is 10.5. The number of fused-ring (bicyclic) bond motifs is 5. The quantitative estimate of drug-likeness (QED) is 0.575. The Labute approximate surface area is 97.2 Å². The van der Waals surface area contributed by atoms with Crippen molar-refractivity contribution in [2.24, 2.45) is 0 Å². The van der Waals surface area contributed by atoms with Crippen molar-refractivity contribution < 1.29 is 0 Å². The molecule has 1 aliphatic rings. The van der Waals surface area contributed by atoms with Crippen molar-refractivity contribution in [1.29, 1.82) is 0 Å². The molecule has 16 heavy (non-hydrogen) atoms. The predicted molar refractivity (Wildman–Crippen MR) is 66.8 cm³/mol. The maximum Gasteiger partial charge on any atom is 0.142 e. The maximum atomic E-state index is 4.74. The first-order chi connectivity index (χ1) is 7.93. The van der Waals surface area contributed by atoms with Gasteiger partial charge in [-0.05, 0) is 23.6 Å². The molecular formula is C13H10N2S. The second kappa shape index (κ2) is 2.95. The summed E-state index contributed by atoms with van der Waals surface area (Å²) in [5, 5.41) is 2.17. The standard InChI is InChI=1S/C13H10N2S/c1-2-4-11-10(3-1)14-13-9-6-8-16-12(9)5-7-15(11)13/h1-4,6,8H,5,7H2. The average molecular weight is 226 g/mol. The third kappa shape index (κ3) is 0.985. The van der Waals surface area contributed by atoms with Gasteiger partial charge in [-0.25, -0.2) is 4.98 Å². The molecule has 4 rings (SSSR count). The summed E-state index contributed by atoms with van der Waals surface area (Å²) in [6.07, 6.45) is 1.14. The number of hydrogen-bond donors (Lipinski definition) is 0. The molecule has 0 bridgehead atoms. The van der Waals surface area contributed by atoms with Crippen LogP contribution in [0.25, 0.3) is 22.4 Å². The Morgan fingerprint density at radius 3 is 3.12 bits per heavy atom. The summed E-state index contributed by atoms with van der Waals surface area (Å²) in [6.45, 7) is 1.06. The lowest BCUT2D eigenvalue weighted by Crippen LogP contribution is -2.08. The Morgan fingerprint density at radius 1 is 1.19 bits per heavy atom. The van der Waals surface area contributed by atoms with Crippen molar-refractivity contribution in [2.45, 2.75) is 13.0 Å². The third-order valence-corrected chi connectivity index (χ3v) is 4.18. The van der Waals surface area contributed by atoms with Crippen LogP contribution in [-0.2, 0) is 13.0 Å². The molecule has 1 aromatic carbocycles. The van der Waals surface area contributed by atoms with Gasteiger partial charge in [0.2, 0.25) is 0 Å². The molecule has 0 spiro atoms. The summed E-state index contributed by atoms with van der Waals surface area (Å²) < 4.78 is 2.34. The van der Waals surface area contributed by atoms with E-state index >= 15 is 0 Å². The van der Waals surface area contributed by atoms with E-state index in [2.05, 4.69) is 40.3 Å². The summed E-state index contributed by atoms with van der Waals surface area (Å²) in [7, 11) is 0. The number of rotatable bonds is 0. The van der Waals surface area contributed by atoms with Crippen LogP contribution >= 0.6 is 11.3 Å². The molecule has 0 saturated heterocycles. The number of benzene rings is 1. The minimum absolute atomic E-state index is 1.06. The van der Waals surface area contributed by atoms with Gasteiger partial charge in [0.25, 0.3) is 0 Å². The molecule has 0 saturated carbocycles. The van der Waals surface area contributed by atoms with Gasteiger partial charge in [0.15, 0.2) is 0 Å². The van der Waals surface area contributed by atoms with E-state index in [-0.39, 0.29) is 0 Å². The summed E-state index contributed by atoms with van der Waals surface area (Å²) >= 11 is 1.85. The Balaban J connectivity index is 2.13. The van der Waals surface area contributed by atoms with Gasteiger partial charge >= 0.3 is 0 Å². The lowest BCUT2D eigenvalue weighted by atomic mass is 10.1. The molecule has 3 heteroatoms. The van der Waals surface area contributed by atoms with Gasteiger partial charge < -0.3 is 4.57 Å². The first-order valence-electron chi connectivity index (χ1n) is 5.45. The van der Waals surface area contributed by atoms with Crippen molar-refractivity contribution in [2.75, 3.05) is 0 Å². The van der Waals surface area contributed by atoms with Crippen LogP contribution < -0.4 is 0 Å². The van der Waals surface area contributed by atoms with Crippen LogP contribution in [0.3, 0.4) is 0 Å². The largest absolute Gasteiger partial charge is 0.324 e. The van der Waals surface area contributed by atoms with Gasteiger partial charge in [0.1, 0.15) is 5.82 Å². The average Bonchev–Trinajstić information content (AvgIpc) is 2.92. The van der Waals surface area contributed by atoms with Crippen molar-refractivity contribution in [3.63, 3.8) is 0 Å². The molecule has 3 aromatic rings. The van der Waals surface area contributed by atoms with E-state index in [0.29, 0.717) is 0 Å². The summed E-state index contributed by atoms with van der Waals surface area (Å²) in [4.78, 5) is 6.21. The predicted octanol–water partition coefficient (Wildman–Crippen LogP) is 3.32. The Morgan fingerprint density at radius 2 is 2.12 bits per heavy atom. The number of nitrogens with zero attached hydrogens (tertiary/aromatic N) is 2. The first kappa shape index (κ1) is 8.53. The van der Waals surface area contributed by atoms with Crippen molar-refractivity contribution in [1.82, 2.24) is 9.55 Å². The van der Waals surface area contributed by atoms with Gasteiger partial charge in [-0.1, -0.05) is 12.1 Å². The Kier molecular flexibility index (Phi) is 1.57. The van der Waals surface area contributed by atoms with Crippen LogP contribution in [0.15, 0.2) is 35.7 Å². The number of hydrogen-bond acceptors (Lipinski definition) is 2. The maximum absolute atomic E-state index is 4.74. The lowest BCUT2D eigenvalue weighted by molar-refractivity contribution is 0.711. The first-order valence-corrected chi connectivity index (χ1v) is 6.33. The molecule has 0 fully saturated rings. The van der Waals surface area contributed by atoms with E-state index in [9.17, 15) is 0 Å². The van der Waals surface area contributed by atoms with Gasteiger partial charge in [-0.3, -0.25) is 0 Å². The second-order valence-electron chi connectivity index (χ2n) is 4.08. The van der Waals surface area contributed by atoms with Crippen LogP contribution in [0.2, 0.25) is 0 Å². The van der Waals surface area contributed by atoms with Gasteiger partial charge in [0.05, 0.1) is 11.0 Å². The minimum Gasteiger partial charge on any atom is -0.324 e. The number of para-hydroxylation sites is 2. The van der Waals surface area contributed by atoms with Crippen molar-refractivity contribution >= 4 is 22.4 Å². The van der Waals surface area contributed by atoms with Gasteiger partial charge in [-0.15, -0.1) is 11.3 Å². The summed E-state index contributed by atoms with van der Waals surface area (Å²) in [5.41, 5.74) is 3.69. The molecule has 0 N–H and O–H groups in total. The fourth-order valence-corrected chi connectivity index (χ4v) is 3.32. The number of imidazole rings is 1. The van der Waals surface area contributed by atoms with Gasteiger partial charge in [0, 0.05) is 23.4 Å². The van der Waals surface area contributed by atoms with Crippen LogP contribution in [0.4, 0.5) is 0 Å². The lowest BCUT2D eigenvalue weighted by Gasteiger charge is -2.14. The SMILES string of the molecule is c1ccc2c(c1)nc1n2CCc2sccc2-1. The topological polar surface area (TPSA) is 17.8 Å². The van der Waals surface area contributed by atoms with Crippen LogP contribution in [0, 0.1) is 0 Å². The van der Waals surface area contributed by atoms with E-state index in [1.54, 1.807) is 0 Å². The minimum atomic E-state index is 1.06. The van der Waals surface area contributed by atoms with Crippen LogP contribution in [0.5, 0.6) is 0 Å². The highest BCUT2D eigenvalue weighted by Crippen LogP contribution is 2.34. The molecule has 0 amide bonds. The fourth-order valence-electron chi connectivity index (χ4n) is 2.45. The highest BCUT2D eigenvalue weighted by molar-refractivity contribution is 7.10. The van der Waals surface area contributed by atoms with E-state index in [0.717, 1.165) is 24.3 Å². The molecule has 0 aliphatic carbocycles. The highest BCUT2D eigenvalue weighted by Gasteiger charge is 2.20. The fraction of sp³-hybridized carbons (Fsp3) is 0.154. The Hall–Kier alpha value is -1.61. The summed E-state index contributed by atoms with van der Waals surface area (Å²) in [5.74, 6) is 1.14. The molecule has 0 radical (unpaired) electrons. The molecule has 2 aromatic heterocycles. The van der Waals surface area contributed by atoms with Crippen LogP contribution in [0.1, 0.15) is 4.88 Å². The molecule has 0 unspecified atom stereocenters. The third-order valence-electron chi connectivity index (χ3n) is 3.20. The summed E-state index contributed by atoms with van der Waals surface area (Å²) in [6, 6.07) is 10.6. The number of aryl methyl sites for hydroxylation is 2. The molecule has 0 atom stereocenters. The van der Waals surface area contributed by atoms with Gasteiger partial charge in [-0.2, -0.15) is 0 Å². The highest BCUT2D eigenvalue weighted by atomic mass is 32.1. The second-order valence-corrected chi connectivity index (χ2v) is 5.08. The smallest absolute Gasteiger partial charge is 0.142 e. The van der Waals surface area contributed by atoms with Crippen molar-refractivity contribution in [3.05, 3.63) is 40.6 Å². The molecule has 78 valence electrons. The van der Waals surface area contributed by atoms with E-state index in [4.69, 9.17) is 4.98 Å². The number of aromatic nitrogens is 2. The zero-order valence-corrected chi connectivity index (χ0v) is 9.50. The molecular weight excluding hydrogens is 216 g/mol. The number of thiophene rings is 1. The van der Waals surface area contributed by atoms with E-state index in [1.165, 1.54) is 16.0 Å². The van der Waals surface area contributed by atoms with Crippen molar-refractivity contribution in [3.8, 4) is 11.4 Å². The molecule has 3 heterocycles. The van der Waals surface area contributed by atoms with E-state index in [1.807, 2.05) is 11.3 Å². The molecule has 2 nitrogen and oxygen atoms in total. The monoisotopic (exact) mass is 226 g/mol. The molecule has 1 aliphatic heterocycles.